The lowest BCUT2D eigenvalue weighted by Crippen LogP contribution is -2.42. The lowest BCUT2D eigenvalue weighted by molar-refractivity contribution is 0.0559. The Labute approximate surface area is 182 Å². The highest BCUT2D eigenvalue weighted by molar-refractivity contribution is 7.90. The van der Waals surface area contributed by atoms with Gasteiger partial charge >= 0.3 is 6.09 Å². The summed E-state index contributed by atoms with van der Waals surface area (Å²) in [7, 11) is -1.35. The maximum atomic E-state index is 12.7. The van der Waals surface area contributed by atoms with Gasteiger partial charge in [0.25, 0.3) is 5.89 Å². The molecular weight excluding hydrogens is 422 g/mol. The van der Waals surface area contributed by atoms with Crippen LogP contribution in [0.2, 0.25) is 0 Å². The number of carbonyl (C=O) groups excluding carboxylic acids is 1. The lowest BCUT2D eigenvalue weighted by Gasteiger charge is -2.32. The Morgan fingerprint density at radius 1 is 1.32 bits per heavy atom. The molecule has 31 heavy (non-hydrogen) atoms. The molecule has 0 spiro atoms. The Morgan fingerprint density at radius 2 is 2.03 bits per heavy atom. The summed E-state index contributed by atoms with van der Waals surface area (Å²) in [4.78, 5) is 20.7. The fraction of sp³-hybridized carbons (Fsp3) is 0.550. The maximum Gasteiger partial charge on any atom is 0.414 e. The summed E-state index contributed by atoms with van der Waals surface area (Å²) in [5.74, 6) is 0.858. The Bertz CT molecular complexity index is 985. The van der Waals surface area contributed by atoms with E-state index >= 15 is 0 Å². The number of benzene rings is 1. The molecule has 0 unspecified atom stereocenters. The van der Waals surface area contributed by atoms with Crippen molar-refractivity contribution in [1.29, 1.82) is 0 Å². The zero-order valence-electron chi connectivity index (χ0n) is 18.1. The number of sulfone groups is 1. The highest BCUT2D eigenvalue weighted by atomic mass is 32.2. The number of nitrogens with zero attached hydrogens (tertiary/aromatic N) is 4. The van der Waals surface area contributed by atoms with Crippen molar-refractivity contribution in [1.82, 2.24) is 20.4 Å². The smallest absolute Gasteiger partial charge is 0.414 e. The van der Waals surface area contributed by atoms with Crippen molar-refractivity contribution < 1.29 is 22.5 Å². The van der Waals surface area contributed by atoms with E-state index in [0.29, 0.717) is 29.5 Å². The molecule has 2 heterocycles. The first kappa shape index (κ1) is 23.2. The number of aromatic nitrogens is 2. The van der Waals surface area contributed by atoms with Crippen molar-refractivity contribution in [3.8, 4) is 11.5 Å². The van der Waals surface area contributed by atoms with Gasteiger partial charge in [-0.2, -0.15) is 4.98 Å². The molecule has 1 aromatic carbocycles. The highest BCUT2D eigenvalue weighted by Gasteiger charge is 2.25. The van der Waals surface area contributed by atoms with Crippen molar-refractivity contribution >= 4 is 21.6 Å². The second kappa shape index (κ2) is 10.2. The van der Waals surface area contributed by atoms with E-state index in [2.05, 4.69) is 20.4 Å². The normalized spacial score (nSPS) is 15.7. The van der Waals surface area contributed by atoms with Gasteiger partial charge in [-0.05, 0) is 31.9 Å². The third-order valence-electron chi connectivity index (χ3n) is 5.07. The molecule has 0 saturated carbocycles. The van der Waals surface area contributed by atoms with Gasteiger partial charge in [-0.15, -0.1) is 0 Å². The first-order valence-corrected chi connectivity index (χ1v) is 12.2. The number of likely N-dealkylation sites (tertiary alicyclic amines) is 1. The predicted octanol–water partition coefficient (Wildman–Crippen LogP) is 1.67. The van der Waals surface area contributed by atoms with E-state index in [4.69, 9.17) is 9.26 Å². The minimum absolute atomic E-state index is 0.0158. The molecule has 1 saturated heterocycles. The van der Waals surface area contributed by atoms with Crippen molar-refractivity contribution in [3.63, 3.8) is 0 Å². The van der Waals surface area contributed by atoms with E-state index in [0.717, 1.165) is 32.5 Å². The first-order chi connectivity index (χ1) is 14.7. The topological polar surface area (TPSA) is 118 Å². The number of aryl methyl sites for hydroxylation is 1. The summed E-state index contributed by atoms with van der Waals surface area (Å²) in [6.07, 6.45) is 2.08. The number of rotatable bonds is 8. The second-order valence-corrected chi connectivity index (χ2v) is 9.86. The number of amides is 1. The van der Waals surface area contributed by atoms with Gasteiger partial charge in [0.2, 0.25) is 0 Å². The van der Waals surface area contributed by atoms with Gasteiger partial charge in [0, 0.05) is 39.5 Å². The molecule has 1 amide bonds. The van der Waals surface area contributed by atoms with Crippen LogP contribution in [0.5, 0.6) is 0 Å². The van der Waals surface area contributed by atoms with Gasteiger partial charge in [-0.25, -0.2) is 13.2 Å². The summed E-state index contributed by atoms with van der Waals surface area (Å²) in [5, 5.41) is 6.75. The van der Waals surface area contributed by atoms with Crippen LogP contribution in [0.4, 0.5) is 10.5 Å². The SMILES string of the molecule is Cc1noc(-c2ccccc2N(C)C(=O)OC2CCN(CCNCS(C)(=O)=O)CC2)n1. The quantitative estimate of drug-likeness (QED) is 0.598. The summed E-state index contributed by atoms with van der Waals surface area (Å²) >= 11 is 0. The van der Waals surface area contributed by atoms with Gasteiger partial charge in [-0.3, -0.25) is 4.90 Å². The van der Waals surface area contributed by atoms with E-state index in [-0.39, 0.29) is 12.0 Å². The van der Waals surface area contributed by atoms with E-state index in [9.17, 15) is 13.2 Å². The number of anilines is 1. The average molecular weight is 452 g/mol. The molecule has 170 valence electrons. The predicted molar refractivity (Wildman–Crippen MR) is 117 cm³/mol. The summed E-state index contributed by atoms with van der Waals surface area (Å²) in [5.41, 5.74) is 1.30. The van der Waals surface area contributed by atoms with Crippen LogP contribution in [0.3, 0.4) is 0 Å². The van der Waals surface area contributed by atoms with Gasteiger partial charge in [-0.1, -0.05) is 17.3 Å². The van der Waals surface area contributed by atoms with Gasteiger partial charge in [0.1, 0.15) is 6.10 Å². The van der Waals surface area contributed by atoms with Crippen molar-refractivity contribution in [2.75, 3.05) is 50.3 Å². The van der Waals surface area contributed by atoms with E-state index in [1.807, 2.05) is 24.3 Å². The number of piperidine rings is 1. The van der Waals surface area contributed by atoms with Crippen LogP contribution in [0.25, 0.3) is 11.5 Å². The molecule has 1 fully saturated rings. The van der Waals surface area contributed by atoms with E-state index < -0.39 is 15.9 Å². The molecule has 2 aromatic rings. The number of carbonyl (C=O) groups is 1. The van der Waals surface area contributed by atoms with E-state index in [1.165, 1.54) is 11.2 Å². The molecule has 1 aliphatic heterocycles. The Balaban J connectivity index is 1.49. The van der Waals surface area contributed by atoms with Gasteiger partial charge in [0.15, 0.2) is 15.7 Å². The first-order valence-electron chi connectivity index (χ1n) is 10.2. The number of hydrogen-bond acceptors (Lipinski definition) is 9. The third-order valence-corrected chi connectivity index (χ3v) is 5.80. The largest absolute Gasteiger partial charge is 0.446 e. The molecule has 3 rings (SSSR count). The molecule has 0 aliphatic carbocycles. The number of nitrogens with one attached hydrogen (secondary N) is 1. The molecule has 10 nitrogen and oxygen atoms in total. The number of para-hydroxylation sites is 1. The Hall–Kier alpha value is -2.50. The monoisotopic (exact) mass is 451 g/mol. The van der Waals surface area contributed by atoms with Crippen molar-refractivity contribution in [3.05, 3.63) is 30.1 Å². The van der Waals surface area contributed by atoms with Crippen LogP contribution in [-0.4, -0.2) is 81.0 Å². The molecule has 1 aromatic heterocycles. The summed E-state index contributed by atoms with van der Waals surface area (Å²) in [6.45, 7) is 4.68. The van der Waals surface area contributed by atoms with Crippen LogP contribution in [0.1, 0.15) is 18.7 Å². The van der Waals surface area contributed by atoms with Crippen LogP contribution < -0.4 is 10.2 Å². The van der Waals surface area contributed by atoms with Crippen LogP contribution in [0.15, 0.2) is 28.8 Å². The molecular formula is C20H29N5O5S. The fourth-order valence-corrected chi connectivity index (χ4v) is 3.93. The van der Waals surface area contributed by atoms with Crippen LogP contribution in [-0.2, 0) is 14.6 Å². The third kappa shape index (κ3) is 6.74. The molecule has 0 bridgehead atoms. The molecule has 0 atom stereocenters. The number of hydrogen-bond donors (Lipinski definition) is 1. The zero-order valence-corrected chi connectivity index (χ0v) is 18.9. The van der Waals surface area contributed by atoms with Gasteiger partial charge < -0.3 is 19.5 Å². The Morgan fingerprint density at radius 3 is 2.68 bits per heavy atom. The second-order valence-electron chi connectivity index (χ2n) is 7.72. The van der Waals surface area contributed by atoms with Crippen LogP contribution in [0, 0.1) is 6.92 Å². The van der Waals surface area contributed by atoms with Gasteiger partial charge in [0.05, 0.1) is 17.1 Å². The zero-order chi connectivity index (χ0) is 22.4. The molecule has 1 N–H and O–H groups in total. The van der Waals surface area contributed by atoms with Crippen molar-refractivity contribution in [2.24, 2.45) is 0 Å². The standard InChI is InChI=1S/C20H29N5O5S/c1-15-22-19(30-23-15)17-6-4-5-7-18(17)24(2)20(26)29-16-8-11-25(12-9-16)13-10-21-14-31(3,27)28/h4-7,16,21H,8-14H2,1-3H3. The minimum Gasteiger partial charge on any atom is -0.446 e. The Kier molecular flexibility index (Phi) is 7.63. The molecule has 0 radical (unpaired) electrons. The fourth-order valence-electron chi connectivity index (χ4n) is 3.42. The van der Waals surface area contributed by atoms with E-state index in [1.54, 1.807) is 14.0 Å². The summed E-state index contributed by atoms with van der Waals surface area (Å²) in [6, 6.07) is 7.31. The minimum atomic E-state index is -3.01. The highest BCUT2D eigenvalue weighted by Crippen LogP contribution is 2.29. The number of ether oxygens (including phenoxy) is 1. The maximum absolute atomic E-state index is 12.7. The molecule has 1 aliphatic rings. The van der Waals surface area contributed by atoms with Crippen LogP contribution >= 0.6 is 0 Å². The summed E-state index contributed by atoms with van der Waals surface area (Å²) < 4.78 is 33.3. The van der Waals surface area contributed by atoms with Crippen molar-refractivity contribution in [2.45, 2.75) is 25.9 Å². The average Bonchev–Trinajstić information content (AvgIpc) is 3.17. The molecule has 11 heteroatoms. The lowest BCUT2D eigenvalue weighted by atomic mass is 10.1.